The Hall–Kier alpha value is -2.42. The molecule has 0 aromatic heterocycles. The lowest BCUT2D eigenvalue weighted by atomic mass is 10.0. The molecule has 0 heterocycles. The van der Waals surface area contributed by atoms with Gasteiger partial charge in [0.2, 0.25) is 0 Å². The van der Waals surface area contributed by atoms with Crippen LogP contribution in [0.3, 0.4) is 0 Å². The van der Waals surface area contributed by atoms with Gasteiger partial charge in [-0.3, -0.25) is 0 Å². The van der Waals surface area contributed by atoms with Crippen molar-refractivity contribution in [2.24, 2.45) is 0 Å². The van der Waals surface area contributed by atoms with E-state index in [1.54, 1.807) is 0 Å². The lowest BCUT2D eigenvalue weighted by Crippen LogP contribution is -2.20. The number of thioether (sulfide) groups is 2. The molecule has 0 spiro atoms. The monoisotopic (exact) mass is 412 g/mol. The molecule has 0 saturated heterocycles. The Morgan fingerprint density at radius 1 is 0.414 bits per heavy atom. The highest BCUT2D eigenvalue weighted by Crippen LogP contribution is 2.53. The van der Waals surface area contributed by atoms with E-state index in [9.17, 15) is 0 Å². The third-order valence-corrected chi connectivity index (χ3v) is 8.30. The molecule has 4 aromatic rings. The first-order valence-corrected chi connectivity index (χ1v) is 11.8. The molecule has 0 radical (unpaired) electrons. The molecule has 0 fully saturated rings. The summed E-state index contributed by atoms with van der Waals surface area (Å²) in [5.41, 5.74) is 5.39. The molecular formula is C27H24S2. The molecule has 4 rings (SSSR count). The molecule has 144 valence electrons. The molecule has 4 aromatic carbocycles. The molecule has 0 nitrogen and oxygen atoms in total. The minimum atomic E-state index is -0.172. The Morgan fingerprint density at radius 3 is 1.07 bits per heavy atom. The van der Waals surface area contributed by atoms with Crippen molar-refractivity contribution >= 4 is 23.5 Å². The molecule has 0 bridgehead atoms. The van der Waals surface area contributed by atoms with Crippen LogP contribution in [-0.2, 0) is 15.6 Å². The van der Waals surface area contributed by atoms with E-state index in [-0.39, 0.29) is 4.08 Å². The van der Waals surface area contributed by atoms with Crippen LogP contribution in [0.15, 0.2) is 121 Å². The molecule has 0 atom stereocenters. The van der Waals surface area contributed by atoms with Gasteiger partial charge in [0.15, 0.2) is 0 Å². The normalized spacial score (nSPS) is 11.3. The average Bonchev–Trinajstić information content (AvgIpc) is 2.82. The zero-order valence-electron chi connectivity index (χ0n) is 16.3. The first kappa shape index (κ1) is 19.9. The van der Waals surface area contributed by atoms with Gasteiger partial charge in [-0.15, -0.1) is 23.5 Å². The van der Waals surface area contributed by atoms with Crippen LogP contribution in [0.25, 0.3) is 0 Å². The van der Waals surface area contributed by atoms with Crippen LogP contribution >= 0.6 is 23.5 Å². The highest BCUT2D eigenvalue weighted by Gasteiger charge is 2.35. The van der Waals surface area contributed by atoms with Gasteiger partial charge in [0.05, 0.1) is 0 Å². The quantitative estimate of drug-likeness (QED) is 0.271. The van der Waals surface area contributed by atoms with Crippen molar-refractivity contribution in [3.8, 4) is 0 Å². The molecule has 29 heavy (non-hydrogen) atoms. The standard InChI is InChI=1S/C27H24S2/c1-5-13-23(14-6-1)21-28-27(25-17-9-3-10-18-25,26-19-11-4-12-20-26)29-22-24-15-7-2-8-16-24/h1-20H,21-22H2. The van der Waals surface area contributed by atoms with Crippen LogP contribution in [0.5, 0.6) is 0 Å². The van der Waals surface area contributed by atoms with Crippen molar-refractivity contribution in [1.29, 1.82) is 0 Å². The van der Waals surface area contributed by atoms with E-state index in [4.69, 9.17) is 0 Å². The van der Waals surface area contributed by atoms with Crippen LogP contribution < -0.4 is 0 Å². The summed E-state index contributed by atoms with van der Waals surface area (Å²) in [5.74, 6) is 1.93. The Balaban J connectivity index is 1.73. The van der Waals surface area contributed by atoms with E-state index < -0.39 is 0 Å². The van der Waals surface area contributed by atoms with Crippen LogP contribution in [0.2, 0.25) is 0 Å². The van der Waals surface area contributed by atoms with Crippen LogP contribution in [0.4, 0.5) is 0 Å². The average molecular weight is 413 g/mol. The van der Waals surface area contributed by atoms with Crippen molar-refractivity contribution in [1.82, 2.24) is 0 Å². The summed E-state index contributed by atoms with van der Waals surface area (Å²) in [7, 11) is 0. The predicted molar refractivity (Wildman–Crippen MR) is 129 cm³/mol. The highest BCUT2D eigenvalue weighted by molar-refractivity contribution is 8.17. The first-order valence-electron chi connectivity index (χ1n) is 9.84. The number of hydrogen-bond donors (Lipinski definition) is 0. The van der Waals surface area contributed by atoms with Crippen molar-refractivity contribution in [2.75, 3.05) is 0 Å². The molecule has 0 saturated carbocycles. The van der Waals surface area contributed by atoms with Gasteiger partial charge in [-0.05, 0) is 22.3 Å². The number of hydrogen-bond acceptors (Lipinski definition) is 2. The Kier molecular flexibility index (Phi) is 6.76. The van der Waals surface area contributed by atoms with Crippen LogP contribution in [0.1, 0.15) is 22.3 Å². The number of rotatable bonds is 8. The smallest absolute Gasteiger partial charge is 0.112 e. The fraction of sp³-hybridized carbons (Fsp3) is 0.111. The zero-order chi connectivity index (χ0) is 19.8. The van der Waals surface area contributed by atoms with Crippen molar-refractivity contribution in [3.63, 3.8) is 0 Å². The summed E-state index contributed by atoms with van der Waals surface area (Å²) in [6.07, 6.45) is 0. The second kappa shape index (κ2) is 9.87. The predicted octanol–water partition coefficient (Wildman–Crippen LogP) is 7.75. The SMILES string of the molecule is c1ccc(CSC(SCc2ccccc2)(c2ccccc2)c2ccccc2)cc1. The second-order valence-corrected chi connectivity index (χ2v) is 9.54. The first-order chi connectivity index (χ1) is 14.4. The maximum Gasteiger partial charge on any atom is 0.112 e. The van der Waals surface area contributed by atoms with Gasteiger partial charge in [-0.1, -0.05) is 121 Å². The minimum absolute atomic E-state index is 0.172. The molecule has 0 aliphatic rings. The van der Waals surface area contributed by atoms with E-state index in [0.29, 0.717) is 0 Å². The Morgan fingerprint density at radius 2 is 0.724 bits per heavy atom. The maximum atomic E-state index is 2.27. The largest absolute Gasteiger partial charge is 0.130 e. The van der Waals surface area contributed by atoms with Crippen LogP contribution in [-0.4, -0.2) is 0 Å². The molecule has 0 unspecified atom stereocenters. The molecular weight excluding hydrogens is 388 g/mol. The van der Waals surface area contributed by atoms with Gasteiger partial charge >= 0.3 is 0 Å². The zero-order valence-corrected chi connectivity index (χ0v) is 17.9. The summed E-state index contributed by atoms with van der Waals surface area (Å²) in [6, 6.07) is 43.4. The molecule has 0 amide bonds. The number of benzene rings is 4. The summed E-state index contributed by atoms with van der Waals surface area (Å²) in [6.45, 7) is 0. The summed E-state index contributed by atoms with van der Waals surface area (Å²) >= 11 is 4.02. The van der Waals surface area contributed by atoms with Gasteiger partial charge < -0.3 is 0 Å². The molecule has 0 aliphatic heterocycles. The molecule has 0 N–H and O–H groups in total. The minimum Gasteiger partial charge on any atom is -0.130 e. The third kappa shape index (κ3) is 4.95. The van der Waals surface area contributed by atoms with Crippen molar-refractivity contribution in [2.45, 2.75) is 15.6 Å². The summed E-state index contributed by atoms with van der Waals surface area (Å²) in [5, 5.41) is 0. The third-order valence-electron chi connectivity index (χ3n) is 4.88. The lowest BCUT2D eigenvalue weighted by molar-refractivity contribution is 1.06. The van der Waals surface area contributed by atoms with E-state index >= 15 is 0 Å². The van der Waals surface area contributed by atoms with E-state index in [2.05, 4.69) is 121 Å². The highest BCUT2D eigenvalue weighted by atomic mass is 32.2. The molecule has 0 aliphatic carbocycles. The van der Waals surface area contributed by atoms with Gasteiger partial charge in [0.25, 0.3) is 0 Å². The van der Waals surface area contributed by atoms with E-state index in [1.807, 2.05) is 23.5 Å². The topological polar surface area (TPSA) is 0 Å². The lowest BCUT2D eigenvalue weighted by Gasteiger charge is -2.34. The van der Waals surface area contributed by atoms with Gasteiger partial charge in [-0.2, -0.15) is 0 Å². The Labute approximate surface area is 182 Å². The van der Waals surface area contributed by atoms with Gasteiger partial charge in [0.1, 0.15) is 4.08 Å². The fourth-order valence-corrected chi connectivity index (χ4v) is 6.40. The Bertz CT molecular complexity index is 899. The summed E-state index contributed by atoms with van der Waals surface area (Å²) in [4.78, 5) is 0. The van der Waals surface area contributed by atoms with Crippen molar-refractivity contribution < 1.29 is 0 Å². The van der Waals surface area contributed by atoms with E-state index in [1.165, 1.54) is 22.3 Å². The summed E-state index contributed by atoms with van der Waals surface area (Å²) < 4.78 is -0.172. The maximum absolute atomic E-state index is 2.27. The van der Waals surface area contributed by atoms with E-state index in [0.717, 1.165) is 11.5 Å². The second-order valence-electron chi connectivity index (χ2n) is 6.90. The van der Waals surface area contributed by atoms with Crippen LogP contribution in [0, 0.1) is 0 Å². The van der Waals surface area contributed by atoms with Gasteiger partial charge in [0, 0.05) is 11.5 Å². The van der Waals surface area contributed by atoms with Crippen molar-refractivity contribution in [3.05, 3.63) is 144 Å². The molecule has 2 heteroatoms. The fourth-order valence-electron chi connectivity index (χ4n) is 3.38. The van der Waals surface area contributed by atoms with Gasteiger partial charge in [-0.25, -0.2) is 0 Å².